The van der Waals surface area contributed by atoms with E-state index in [9.17, 15) is 9.90 Å². The molecular weight excluding hydrogens is 362 g/mol. The standard InChI is InChI=1S/C21H20ClN3O2/c22-16-8-6-15(7-9-16)3-1-5-20(27)25-19-4-2-14-23-21(19)24-17-10-12-18(26)13-11-17/h2,4,6-14,26H,1,3,5H2,(H,23,24)(H,25,27). The Morgan fingerprint density at radius 3 is 2.52 bits per heavy atom. The number of aromatic nitrogens is 1. The van der Waals surface area contributed by atoms with Crippen molar-refractivity contribution >= 4 is 34.7 Å². The molecule has 0 aliphatic carbocycles. The number of carbonyl (C=O) groups excluding carboxylic acids is 1. The van der Waals surface area contributed by atoms with E-state index in [0.29, 0.717) is 22.9 Å². The number of halogens is 1. The Morgan fingerprint density at radius 2 is 1.78 bits per heavy atom. The first-order chi connectivity index (χ1) is 13.1. The topological polar surface area (TPSA) is 74.2 Å². The first-order valence-corrected chi connectivity index (χ1v) is 9.03. The SMILES string of the molecule is O=C(CCCc1ccc(Cl)cc1)Nc1cccnc1Nc1ccc(O)cc1. The zero-order valence-corrected chi connectivity index (χ0v) is 15.4. The molecule has 1 amide bonds. The third-order valence-corrected chi connectivity index (χ3v) is 4.25. The molecule has 6 heteroatoms. The van der Waals surface area contributed by atoms with Gasteiger partial charge in [0.1, 0.15) is 5.75 Å². The second-order valence-electron chi connectivity index (χ2n) is 6.10. The van der Waals surface area contributed by atoms with Crippen molar-refractivity contribution in [2.45, 2.75) is 19.3 Å². The number of rotatable bonds is 7. The monoisotopic (exact) mass is 381 g/mol. The minimum Gasteiger partial charge on any atom is -0.508 e. The maximum Gasteiger partial charge on any atom is 0.224 e. The van der Waals surface area contributed by atoms with Crippen molar-refractivity contribution in [2.24, 2.45) is 0 Å². The molecule has 138 valence electrons. The number of nitrogens with one attached hydrogen (secondary N) is 2. The molecule has 0 atom stereocenters. The van der Waals surface area contributed by atoms with Crippen LogP contribution in [0, 0.1) is 0 Å². The van der Waals surface area contributed by atoms with E-state index in [2.05, 4.69) is 15.6 Å². The van der Waals surface area contributed by atoms with E-state index in [0.717, 1.165) is 24.1 Å². The number of amides is 1. The highest BCUT2D eigenvalue weighted by Crippen LogP contribution is 2.24. The van der Waals surface area contributed by atoms with Crippen LogP contribution in [0.3, 0.4) is 0 Å². The Balaban J connectivity index is 1.55. The van der Waals surface area contributed by atoms with E-state index >= 15 is 0 Å². The van der Waals surface area contributed by atoms with Gasteiger partial charge in [-0.15, -0.1) is 0 Å². The van der Waals surface area contributed by atoms with Gasteiger partial charge in [-0.05, 0) is 66.9 Å². The van der Waals surface area contributed by atoms with Gasteiger partial charge in [-0.3, -0.25) is 4.79 Å². The second-order valence-corrected chi connectivity index (χ2v) is 6.54. The summed E-state index contributed by atoms with van der Waals surface area (Å²) in [6, 6.07) is 17.9. The number of hydrogen-bond acceptors (Lipinski definition) is 4. The van der Waals surface area contributed by atoms with Gasteiger partial charge < -0.3 is 15.7 Å². The summed E-state index contributed by atoms with van der Waals surface area (Å²) in [6.07, 6.45) is 3.62. The van der Waals surface area contributed by atoms with Gasteiger partial charge in [-0.1, -0.05) is 23.7 Å². The van der Waals surface area contributed by atoms with Gasteiger partial charge in [0.2, 0.25) is 5.91 Å². The van der Waals surface area contributed by atoms with Crippen molar-refractivity contribution in [1.82, 2.24) is 4.98 Å². The third kappa shape index (κ3) is 5.72. The minimum absolute atomic E-state index is 0.0641. The van der Waals surface area contributed by atoms with Crippen LogP contribution in [0.1, 0.15) is 18.4 Å². The van der Waals surface area contributed by atoms with Crippen LogP contribution >= 0.6 is 11.6 Å². The largest absolute Gasteiger partial charge is 0.508 e. The molecule has 27 heavy (non-hydrogen) atoms. The highest BCUT2D eigenvalue weighted by molar-refractivity contribution is 6.30. The average Bonchev–Trinajstić information content (AvgIpc) is 2.67. The number of nitrogens with zero attached hydrogens (tertiary/aromatic N) is 1. The third-order valence-electron chi connectivity index (χ3n) is 3.99. The molecule has 0 fully saturated rings. The van der Waals surface area contributed by atoms with Crippen LogP contribution in [0.4, 0.5) is 17.2 Å². The Labute approximate surface area is 163 Å². The number of aromatic hydroxyl groups is 1. The number of pyridine rings is 1. The first-order valence-electron chi connectivity index (χ1n) is 8.65. The highest BCUT2D eigenvalue weighted by atomic mass is 35.5. The van der Waals surface area contributed by atoms with Crippen LogP contribution in [0.25, 0.3) is 0 Å². The molecule has 0 aliphatic heterocycles. The summed E-state index contributed by atoms with van der Waals surface area (Å²) < 4.78 is 0. The second kappa shape index (κ2) is 9.05. The Kier molecular flexibility index (Phi) is 6.28. The Bertz CT molecular complexity index is 896. The summed E-state index contributed by atoms with van der Waals surface area (Å²) in [5.74, 6) is 0.677. The van der Waals surface area contributed by atoms with E-state index in [1.807, 2.05) is 24.3 Å². The highest BCUT2D eigenvalue weighted by Gasteiger charge is 2.08. The van der Waals surface area contributed by atoms with E-state index in [1.165, 1.54) is 0 Å². The van der Waals surface area contributed by atoms with Crippen molar-refractivity contribution in [3.8, 4) is 5.75 Å². The van der Waals surface area contributed by atoms with E-state index in [-0.39, 0.29) is 11.7 Å². The van der Waals surface area contributed by atoms with E-state index in [1.54, 1.807) is 42.6 Å². The molecule has 0 saturated heterocycles. The lowest BCUT2D eigenvalue weighted by Gasteiger charge is -2.12. The molecule has 0 aliphatic rings. The van der Waals surface area contributed by atoms with Gasteiger partial charge in [0.05, 0.1) is 5.69 Å². The Hall–Kier alpha value is -3.05. The Morgan fingerprint density at radius 1 is 1.04 bits per heavy atom. The summed E-state index contributed by atoms with van der Waals surface area (Å²) in [5.41, 5.74) is 2.54. The van der Waals surface area contributed by atoms with Gasteiger partial charge in [-0.25, -0.2) is 4.98 Å². The van der Waals surface area contributed by atoms with Crippen LogP contribution < -0.4 is 10.6 Å². The molecule has 3 N–H and O–H groups in total. The molecule has 0 spiro atoms. The fraction of sp³-hybridized carbons (Fsp3) is 0.143. The van der Waals surface area contributed by atoms with Crippen LogP contribution in [-0.2, 0) is 11.2 Å². The van der Waals surface area contributed by atoms with Crippen molar-refractivity contribution in [1.29, 1.82) is 0 Å². The maximum atomic E-state index is 12.3. The lowest BCUT2D eigenvalue weighted by Crippen LogP contribution is -2.13. The minimum atomic E-state index is -0.0641. The van der Waals surface area contributed by atoms with Crippen LogP contribution in [0.15, 0.2) is 66.9 Å². The number of anilines is 3. The molecule has 2 aromatic carbocycles. The van der Waals surface area contributed by atoms with Gasteiger partial charge in [0, 0.05) is 23.3 Å². The quantitative estimate of drug-likeness (QED) is 0.495. The van der Waals surface area contributed by atoms with Gasteiger partial charge in [0.25, 0.3) is 0 Å². The normalized spacial score (nSPS) is 10.4. The molecule has 0 saturated carbocycles. The smallest absolute Gasteiger partial charge is 0.224 e. The molecule has 3 rings (SSSR count). The van der Waals surface area contributed by atoms with Crippen molar-refractivity contribution in [3.63, 3.8) is 0 Å². The summed E-state index contributed by atoms with van der Waals surface area (Å²) in [4.78, 5) is 16.6. The van der Waals surface area contributed by atoms with Crippen molar-refractivity contribution in [3.05, 3.63) is 77.4 Å². The molecule has 1 aromatic heterocycles. The number of aryl methyl sites for hydroxylation is 1. The summed E-state index contributed by atoms with van der Waals surface area (Å²) in [6.45, 7) is 0. The molecule has 0 radical (unpaired) electrons. The predicted molar refractivity (Wildman–Crippen MR) is 109 cm³/mol. The molecule has 0 unspecified atom stereocenters. The summed E-state index contributed by atoms with van der Waals surface area (Å²) in [5, 5.41) is 16.1. The number of phenols is 1. The number of carbonyl (C=O) groups is 1. The maximum absolute atomic E-state index is 12.3. The first kappa shape index (κ1) is 18.7. The molecule has 5 nitrogen and oxygen atoms in total. The molecule has 0 bridgehead atoms. The summed E-state index contributed by atoms with van der Waals surface area (Å²) in [7, 11) is 0. The van der Waals surface area contributed by atoms with Crippen LogP contribution in [0.5, 0.6) is 5.75 Å². The number of benzene rings is 2. The lowest BCUT2D eigenvalue weighted by atomic mass is 10.1. The zero-order chi connectivity index (χ0) is 19.1. The molecule has 3 aromatic rings. The van der Waals surface area contributed by atoms with E-state index < -0.39 is 0 Å². The van der Waals surface area contributed by atoms with Gasteiger partial charge in [0.15, 0.2) is 5.82 Å². The van der Waals surface area contributed by atoms with Crippen molar-refractivity contribution in [2.75, 3.05) is 10.6 Å². The fourth-order valence-corrected chi connectivity index (χ4v) is 2.73. The molecular formula is C21H20ClN3O2. The van der Waals surface area contributed by atoms with Gasteiger partial charge >= 0.3 is 0 Å². The van der Waals surface area contributed by atoms with Crippen LogP contribution in [-0.4, -0.2) is 16.0 Å². The average molecular weight is 382 g/mol. The lowest BCUT2D eigenvalue weighted by molar-refractivity contribution is -0.116. The predicted octanol–water partition coefficient (Wildman–Crippen LogP) is 5.15. The number of hydrogen-bond donors (Lipinski definition) is 3. The summed E-state index contributed by atoms with van der Waals surface area (Å²) >= 11 is 5.88. The zero-order valence-electron chi connectivity index (χ0n) is 14.7. The van der Waals surface area contributed by atoms with E-state index in [4.69, 9.17) is 11.6 Å². The van der Waals surface area contributed by atoms with Crippen molar-refractivity contribution < 1.29 is 9.90 Å². The molecule has 1 heterocycles. The number of phenolic OH excluding ortho intramolecular Hbond substituents is 1. The van der Waals surface area contributed by atoms with Gasteiger partial charge in [-0.2, -0.15) is 0 Å². The van der Waals surface area contributed by atoms with Crippen LogP contribution in [0.2, 0.25) is 5.02 Å². The fourth-order valence-electron chi connectivity index (χ4n) is 2.60.